The number of aliphatic imine (C=N–C) groups is 1. The zero-order valence-electron chi connectivity index (χ0n) is 15.7. The van der Waals surface area contributed by atoms with Gasteiger partial charge < -0.3 is 5.32 Å². The van der Waals surface area contributed by atoms with Crippen LogP contribution < -0.4 is 5.32 Å². The third kappa shape index (κ3) is 3.68. The first kappa shape index (κ1) is 18.4. The second-order valence-corrected chi connectivity index (χ2v) is 7.36. The predicted octanol–water partition coefficient (Wildman–Crippen LogP) is 5.56. The van der Waals surface area contributed by atoms with E-state index in [0.29, 0.717) is 0 Å². The van der Waals surface area contributed by atoms with Crippen LogP contribution in [0.2, 0.25) is 0 Å². The van der Waals surface area contributed by atoms with Crippen LogP contribution in [-0.4, -0.2) is 5.84 Å². The number of rotatable bonds is 5. The van der Waals surface area contributed by atoms with E-state index in [4.69, 9.17) is 4.99 Å². The Morgan fingerprint density at radius 1 is 0.857 bits per heavy atom. The van der Waals surface area contributed by atoms with Crippen molar-refractivity contribution in [1.82, 2.24) is 5.32 Å². The molecule has 1 aliphatic rings. The Balaban J connectivity index is 1.67. The van der Waals surface area contributed by atoms with Gasteiger partial charge in [0.2, 0.25) is 0 Å². The van der Waals surface area contributed by atoms with Gasteiger partial charge in [0.1, 0.15) is 17.7 Å². The standard InChI is InChI=1S/C24H22F2N2/c1-24(19-10-6-12-21(26)16-19)23(18-9-5-11-20(25)15-18)27-22(28-24)14-13-17-7-3-2-4-8-17/h2-12,15-16,23H,13-14H2,1H3,(H,27,28). The van der Waals surface area contributed by atoms with Crippen LogP contribution >= 0.6 is 0 Å². The van der Waals surface area contributed by atoms with Crippen LogP contribution in [0.1, 0.15) is 36.1 Å². The van der Waals surface area contributed by atoms with Crippen molar-refractivity contribution in [3.63, 3.8) is 0 Å². The second kappa shape index (κ2) is 7.55. The molecule has 3 aromatic rings. The van der Waals surface area contributed by atoms with Gasteiger partial charge in [-0.05, 0) is 54.3 Å². The molecule has 4 rings (SSSR count). The SMILES string of the molecule is CC1(c2cccc(F)c2)NC(CCc2ccccc2)=NC1c1cccc(F)c1. The molecule has 0 radical (unpaired) electrons. The molecule has 0 saturated heterocycles. The largest absolute Gasteiger partial charge is 0.362 e. The highest BCUT2D eigenvalue weighted by Crippen LogP contribution is 2.42. The van der Waals surface area contributed by atoms with Crippen LogP contribution in [0.3, 0.4) is 0 Å². The molecule has 1 N–H and O–H groups in total. The van der Waals surface area contributed by atoms with E-state index in [0.717, 1.165) is 29.8 Å². The summed E-state index contributed by atoms with van der Waals surface area (Å²) in [5, 5.41) is 3.51. The lowest BCUT2D eigenvalue weighted by Gasteiger charge is -2.32. The molecule has 1 heterocycles. The zero-order chi connectivity index (χ0) is 19.6. The zero-order valence-corrected chi connectivity index (χ0v) is 15.7. The van der Waals surface area contributed by atoms with Crippen molar-refractivity contribution in [3.8, 4) is 0 Å². The lowest BCUT2D eigenvalue weighted by molar-refractivity contribution is 0.382. The number of hydrogen-bond acceptors (Lipinski definition) is 2. The lowest BCUT2D eigenvalue weighted by Crippen LogP contribution is -2.41. The van der Waals surface area contributed by atoms with Crippen LogP contribution in [0.4, 0.5) is 8.78 Å². The van der Waals surface area contributed by atoms with E-state index in [2.05, 4.69) is 17.4 Å². The van der Waals surface area contributed by atoms with Crippen LogP contribution in [0.5, 0.6) is 0 Å². The summed E-state index contributed by atoms with van der Waals surface area (Å²) in [5.41, 5.74) is 2.14. The molecular weight excluding hydrogens is 354 g/mol. The monoisotopic (exact) mass is 376 g/mol. The minimum absolute atomic E-state index is 0.295. The average Bonchev–Trinajstić information content (AvgIpc) is 3.05. The van der Waals surface area contributed by atoms with Crippen LogP contribution in [0, 0.1) is 11.6 Å². The summed E-state index contributed by atoms with van der Waals surface area (Å²) in [6, 6.07) is 22.9. The number of nitrogens with one attached hydrogen (secondary N) is 1. The summed E-state index contributed by atoms with van der Waals surface area (Å²) in [6.07, 6.45) is 1.59. The van der Waals surface area contributed by atoms with Crippen molar-refractivity contribution in [2.45, 2.75) is 31.3 Å². The van der Waals surface area contributed by atoms with E-state index in [1.54, 1.807) is 12.1 Å². The molecule has 1 aliphatic heterocycles. The molecule has 0 aromatic heterocycles. The highest BCUT2D eigenvalue weighted by molar-refractivity contribution is 5.86. The minimum atomic E-state index is -0.651. The van der Waals surface area contributed by atoms with Crippen LogP contribution in [-0.2, 0) is 12.0 Å². The second-order valence-electron chi connectivity index (χ2n) is 7.36. The first-order valence-corrected chi connectivity index (χ1v) is 9.45. The molecule has 0 aliphatic carbocycles. The van der Waals surface area contributed by atoms with Gasteiger partial charge in [0, 0.05) is 6.42 Å². The van der Waals surface area contributed by atoms with E-state index >= 15 is 0 Å². The summed E-state index contributed by atoms with van der Waals surface area (Å²) in [6.45, 7) is 2.00. The minimum Gasteiger partial charge on any atom is -0.362 e. The first-order chi connectivity index (χ1) is 13.5. The van der Waals surface area contributed by atoms with Gasteiger partial charge in [0.05, 0.1) is 11.4 Å². The molecular formula is C24H22F2N2. The van der Waals surface area contributed by atoms with Crippen molar-refractivity contribution in [3.05, 3.63) is 107 Å². The Labute approximate surface area is 164 Å². The number of amidine groups is 1. The van der Waals surface area contributed by atoms with E-state index in [1.165, 1.54) is 29.8 Å². The van der Waals surface area contributed by atoms with Crippen molar-refractivity contribution < 1.29 is 8.78 Å². The molecule has 0 bridgehead atoms. The maximum Gasteiger partial charge on any atom is 0.123 e. The Kier molecular flexibility index (Phi) is 4.95. The molecule has 2 atom stereocenters. The van der Waals surface area contributed by atoms with Gasteiger partial charge in [0.15, 0.2) is 0 Å². The number of halogens is 2. The fourth-order valence-electron chi connectivity index (χ4n) is 3.85. The van der Waals surface area contributed by atoms with Crippen molar-refractivity contribution in [1.29, 1.82) is 0 Å². The molecule has 28 heavy (non-hydrogen) atoms. The van der Waals surface area contributed by atoms with Crippen molar-refractivity contribution in [2.75, 3.05) is 0 Å². The quantitative estimate of drug-likeness (QED) is 0.620. The molecule has 0 fully saturated rings. The van der Waals surface area contributed by atoms with E-state index < -0.39 is 5.54 Å². The fraction of sp³-hybridized carbons (Fsp3) is 0.208. The fourth-order valence-corrected chi connectivity index (χ4v) is 3.85. The van der Waals surface area contributed by atoms with Gasteiger partial charge in [-0.2, -0.15) is 0 Å². The van der Waals surface area contributed by atoms with Crippen molar-refractivity contribution >= 4 is 5.84 Å². The van der Waals surface area contributed by atoms with Gasteiger partial charge in [-0.15, -0.1) is 0 Å². The van der Waals surface area contributed by atoms with Gasteiger partial charge in [-0.25, -0.2) is 8.78 Å². The molecule has 2 unspecified atom stereocenters. The van der Waals surface area contributed by atoms with Crippen LogP contribution in [0.25, 0.3) is 0 Å². The van der Waals surface area contributed by atoms with Crippen LogP contribution in [0.15, 0.2) is 83.9 Å². The molecule has 0 amide bonds. The number of aryl methyl sites for hydroxylation is 1. The number of nitrogens with zero attached hydrogens (tertiary/aromatic N) is 1. The summed E-state index contributed by atoms with van der Waals surface area (Å²) >= 11 is 0. The summed E-state index contributed by atoms with van der Waals surface area (Å²) in [5.74, 6) is 0.258. The average molecular weight is 376 g/mol. The summed E-state index contributed by atoms with van der Waals surface area (Å²) in [7, 11) is 0. The van der Waals surface area contributed by atoms with E-state index in [-0.39, 0.29) is 17.7 Å². The summed E-state index contributed by atoms with van der Waals surface area (Å²) < 4.78 is 27.8. The third-order valence-corrected chi connectivity index (χ3v) is 5.32. The molecule has 4 heteroatoms. The molecule has 0 spiro atoms. The normalized spacial score (nSPS) is 21.2. The topological polar surface area (TPSA) is 24.4 Å². The lowest BCUT2D eigenvalue weighted by atomic mass is 9.82. The van der Waals surface area contributed by atoms with E-state index in [1.807, 2.05) is 37.3 Å². The highest BCUT2D eigenvalue weighted by atomic mass is 19.1. The molecule has 3 aromatic carbocycles. The Bertz CT molecular complexity index is 1000. The van der Waals surface area contributed by atoms with Crippen molar-refractivity contribution in [2.24, 2.45) is 4.99 Å². The molecule has 0 saturated carbocycles. The first-order valence-electron chi connectivity index (χ1n) is 9.45. The smallest absolute Gasteiger partial charge is 0.123 e. The Morgan fingerprint density at radius 3 is 2.29 bits per heavy atom. The van der Waals surface area contributed by atoms with Gasteiger partial charge in [-0.3, -0.25) is 4.99 Å². The highest BCUT2D eigenvalue weighted by Gasteiger charge is 2.42. The maximum absolute atomic E-state index is 13.9. The predicted molar refractivity (Wildman–Crippen MR) is 108 cm³/mol. The molecule has 142 valence electrons. The maximum atomic E-state index is 13.9. The van der Waals surface area contributed by atoms with Gasteiger partial charge >= 0.3 is 0 Å². The molecule has 2 nitrogen and oxygen atoms in total. The van der Waals surface area contributed by atoms with Gasteiger partial charge in [-0.1, -0.05) is 54.6 Å². The number of hydrogen-bond donors (Lipinski definition) is 1. The van der Waals surface area contributed by atoms with E-state index in [9.17, 15) is 8.78 Å². The summed E-state index contributed by atoms with van der Waals surface area (Å²) in [4.78, 5) is 4.89. The Morgan fingerprint density at radius 2 is 1.57 bits per heavy atom. The van der Waals surface area contributed by atoms with Gasteiger partial charge in [0.25, 0.3) is 0 Å². The number of benzene rings is 3. The third-order valence-electron chi connectivity index (χ3n) is 5.32. The Hall–Kier alpha value is -3.01.